The molecule has 2 N–H and O–H groups in total. The smallest absolute Gasteiger partial charge is 0.202 e. The van der Waals surface area contributed by atoms with Gasteiger partial charge >= 0.3 is 0 Å². The van der Waals surface area contributed by atoms with Crippen molar-refractivity contribution < 1.29 is 0 Å². The number of H-pyrrole nitrogens is 1. The Hall–Kier alpha value is -1.57. The van der Waals surface area contributed by atoms with E-state index in [1.54, 1.807) is 0 Å². The van der Waals surface area contributed by atoms with Gasteiger partial charge in [0.2, 0.25) is 5.13 Å². The molecule has 7 nitrogen and oxygen atoms in total. The molecule has 0 radical (unpaired) electrons. The Balaban J connectivity index is 1.87. The SMILES string of the molecule is CC(CNc1ncns1)c1nn[nH]n1. The fourth-order valence-electron chi connectivity index (χ4n) is 0.961. The average Bonchev–Trinajstić information content (AvgIpc) is 2.87. The third kappa shape index (κ3) is 2.02. The molecule has 14 heavy (non-hydrogen) atoms. The van der Waals surface area contributed by atoms with Crippen LogP contribution in [0.2, 0.25) is 0 Å². The second-order valence-electron chi connectivity index (χ2n) is 2.80. The summed E-state index contributed by atoms with van der Waals surface area (Å²) in [7, 11) is 0. The summed E-state index contributed by atoms with van der Waals surface area (Å²) < 4.78 is 3.88. The maximum Gasteiger partial charge on any atom is 0.202 e. The van der Waals surface area contributed by atoms with Crippen molar-refractivity contribution in [2.75, 3.05) is 11.9 Å². The maximum atomic E-state index is 4.00. The van der Waals surface area contributed by atoms with Crippen LogP contribution in [0.25, 0.3) is 0 Å². The van der Waals surface area contributed by atoms with Gasteiger partial charge in [0.05, 0.1) is 0 Å². The van der Waals surface area contributed by atoms with Crippen molar-refractivity contribution in [1.29, 1.82) is 0 Å². The topological polar surface area (TPSA) is 92.3 Å². The van der Waals surface area contributed by atoms with Gasteiger partial charge in [0.1, 0.15) is 6.33 Å². The molecule has 0 spiro atoms. The van der Waals surface area contributed by atoms with Crippen LogP contribution in [0.4, 0.5) is 5.13 Å². The quantitative estimate of drug-likeness (QED) is 0.754. The van der Waals surface area contributed by atoms with E-state index in [2.05, 4.69) is 35.3 Å². The van der Waals surface area contributed by atoms with Crippen LogP contribution < -0.4 is 5.32 Å². The molecule has 2 heterocycles. The zero-order valence-corrected chi connectivity index (χ0v) is 8.32. The summed E-state index contributed by atoms with van der Waals surface area (Å²) in [4.78, 5) is 4.00. The lowest BCUT2D eigenvalue weighted by Gasteiger charge is -2.06. The molecular weight excluding hydrogens is 202 g/mol. The first-order valence-electron chi connectivity index (χ1n) is 4.10. The summed E-state index contributed by atoms with van der Waals surface area (Å²) in [5, 5.41) is 17.7. The minimum absolute atomic E-state index is 0.192. The van der Waals surface area contributed by atoms with E-state index in [0.29, 0.717) is 12.4 Å². The number of aromatic nitrogens is 6. The molecule has 74 valence electrons. The Bertz CT molecular complexity index is 355. The van der Waals surface area contributed by atoms with E-state index < -0.39 is 0 Å². The highest BCUT2D eigenvalue weighted by Gasteiger charge is 2.10. The van der Waals surface area contributed by atoms with Gasteiger partial charge in [0, 0.05) is 24.0 Å². The van der Waals surface area contributed by atoms with Crippen LogP contribution in [-0.4, -0.2) is 36.5 Å². The molecular formula is C6H9N7S. The number of hydrogen-bond acceptors (Lipinski definition) is 7. The van der Waals surface area contributed by atoms with Crippen molar-refractivity contribution in [1.82, 2.24) is 30.0 Å². The Morgan fingerprint density at radius 3 is 3.21 bits per heavy atom. The molecule has 0 aliphatic carbocycles. The molecule has 0 amide bonds. The van der Waals surface area contributed by atoms with E-state index in [1.165, 1.54) is 17.9 Å². The molecule has 2 rings (SSSR count). The minimum Gasteiger partial charge on any atom is -0.360 e. The number of tetrazole rings is 1. The molecule has 0 aromatic carbocycles. The first kappa shape index (κ1) is 9.00. The van der Waals surface area contributed by atoms with Crippen LogP contribution in [0.3, 0.4) is 0 Å². The standard InChI is InChI=1S/C6H9N7S/c1-4(5-10-12-13-11-5)2-7-6-8-3-9-14-6/h3-4H,2H2,1H3,(H,7,8,9)(H,10,11,12,13). The number of nitrogens with one attached hydrogen (secondary N) is 2. The summed E-state index contributed by atoms with van der Waals surface area (Å²) in [6.45, 7) is 2.73. The van der Waals surface area contributed by atoms with Crippen LogP contribution in [0.5, 0.6) is 0 Å². The van der Waals surface area contributed by atoms with Crippen molar-refractivity contribution in [3.8, 4) is 0 Å². The number of nitrogens with zero attached hydrogens (tertiary/aromatic N) is 5. The molecule has 0 aliphatic heterocycles. The van der Waals surface area contributed by atoms with Gasteiger partial charge in [-0.05, 0) is 0 Å². The largest absolute Gasteiger partial charge is 0.360 e. The average molecular weight is 211 g/mol. The normalized spacial score (nSPS) is 12.6. The lowest BCUT2D eigenvalue weighted by atomic mass is 10.2. The fourth-order valence-corrected chi connectivity index (χ4v) is 1.40. The van der Waals surface area contributed by atoms with Gasteiger partial charge in [-0.3, -0.25) is 0 Å². The molecule has 8 heteroatoms. The van der Waals surface area contributed by atoms with Gasteiger partial charge in [0.25, 0.3) is 0 Å². The van der Waals surface area contributed by atoms with E-state index in [0.717, 1.165) is 5.13 Å². The fraction of sp³-hybridized carbons (Fsp3) is 0.500. The Labute approximate surface area is 84.1 Å². The number of hydrogen-bond donors (Lipinski definition) is 2. The number of aromatic amines is 1. The lowest BCUT2D eigenvalue weighted by molar-refractivity contribution is 0.736. The molecule has 0 saturated carbocycles. The van der Waals surface area contributed by atoms with E-state index >= 15 is 0 Å². The highest BCUT2D eigenvalue weighted by atomic mass is 32.1. The molecule has 2 aromatic rings. The van der Waals surface area contributed by atoms with Crippen LogP contribution in [0, 0.1) is 0 Å². The van der Waals surface area contributed by atoms with E-state index in [9.17, 15) is 0 Å². The van der Waals surface area contributed by atoms with Gasteiger partial charge in [-0.1, -0.05) is 12.1 Å². The summed E-state index contributed by atoms with van der Waals surface area (Å²) in [5.74, 6) is 0.889. The summed E-state index contributed by atoms with van der Waals surface area (Å²) in [6, 6.07) is 0. The lowest BCUT2D eigenvalue weighted by Crippen LogP contribution is -2.10. The van der Waals surface area contributed by atoms with Crippen LogP contribution in [0.1, 0.15) is 18.7 Å². The number of anilines is 1. The Kier molecular flexibility index (Phi) is 2.63. The summed E-state index contributed by atoms with van der Waals surface area (Å²) in [5.41, 5.74) is 0. The predicted molar refractivity (Wildman–Crippen MR) is 51.0 cm³/mol. The van der Waals surface area contributed by atoms with E-state index in [4.69, 9.17) is 0 Å². The second kappa shape index (κ2) is 4.09. The molecule has 2 aromatic heterocycles. The van der Waals surface area contributed by atoms with E-state index in [1.807, 2.05) is 6.92 Å². The predicted octanol–water partition coefficient (Wildman–Crippen LogP) is 0.267. The molecule has 1 unspecified atom stereocenters. The highest BCUT2D eigenvalue weighted by Crippen LogP contribution is 2.11. The molecule has 0 bridgehead atoms. The van der Waals surface area contributed by atoms with Gasteiger partial charge < -0.3 is 5.32 Å². The van der Waals surface area contributed by atoms with Crippen molar-refractivity contribution in [3.05, 3.63) is 12.2 Å². The van der Waals surface area contributed by atoms with Crippen molar-refractivity contribution in [3.63, 3.8) is 0 Å². The minimum atomic E-state index is 0.192. The first-order chi connectivity index (χ1) is 6.86. The van der Waals surface area contributed by atoms with Crippen LogP contribution in [-0.2, 0) is 0 Å². The number of rotatable bonds is 4. The molecule has 0 fully saturated rings. The van der Waals surface area contributed by atoms with Gasteiger partial charge in [-0.25, -0.2) is 4.98 Å². The monoisotopic (exact) mass is 211 g/mol. The van der Waals surface area contributed by atoms with Crippen molar-refractivity contribution in [2.45, 2.75) is 12.8 Å². The zero-order chi connectivity index (χ0) is 9.80. The van der Waals surface area contributed by atoms with E-state index in [-0.39, 0.29) is 5.92 Å². The molecule has 1 atom stereocenters. The summed E-state index contributed by atoms with van der Waals surface area (Å²) in [6.07, 6.45) is 1.52. The van der Waals surface area contributed by atoms with Gasteiger partial charge in [-0.15, -0.1) is 10.2 Å². The van der Waals surface area contributed by atoms with Crippen LogP contribution in [0.15, 0.2) is 6.33 Å². The van der Waals surface area contributed by atoms with Crippen molar-refractivity contribution in [2.24, 2.45) is 0 Å². The third-order valence-corrected chi connectivity index (χ3v) is 2.35. The van der Waals surface area contributed by atoms with Gasteiger partial charge in [0.15, 0.2) is 5.82 Å². The van der Waals surface area contributed by atoms with Crippen molar-refractivity contribution >= 4 is 16.7 Å². The molecule has 0 saturated heterocycles. The molecule has 0 aliphatic rings. The third-order valence-electron chi connectivity index (χ3n) is 1.72. The zero-order valence-electron chi connectivity index (χ0n) is 7.51. The summed E-state index contributed by atoms with van der Waals surface area (Å²) >= 11 is 1.33. The van der Waals surface area contributed by atoms with Gasteiger partial charge in [-0.2, -0.15) is 9.59 Å². The first-order valence-corrected chi connectivity index (χ1v) is 4.87. The second-order valence-corrected chi connectivity index (χ2v) is 3.58. The van der Waals surface area contributed by atoms with Crippen LogP contribution >= 0.6 is 11.5 Å². The Morgan fingerprint density at radius 1 is 1.64 bits per heavy atom. The maximum absolute atomic E-state index is 4.00. The highest BCUT2D eigenvalue weighted by molar-refractivity contribution is 7.09. The Morgan fingerprint density at radius 2 is 2.57 bits per heavy atom.